The van der Waals surface area contributed by atoms with Crippen LogP contribution in [0.15, 0.2) is 30.3 Å². The summed E-state index contributed by atoms with van der Waals surface area (Å²) in [5.74, 6) is -0.671. The highest BCUT2D eigenvalue weighted by atomic mass is 16.2. The molecule has 1 heterocycles. The quantitative estimate of drug-likeness (QED) is 0.817. The number of benzene rings is 1. The lowest BCUT2D eigenvalue weighted by Crippen LogP contribution is -2.53. The summed E-state index contributed by atoms with van der Waals surface area (Å²) in [6.45, 7) is 2.88. The van der Waals surface area contributed by atoms with Crippen molar-refractivity contribution in [2.45, 2.75) is 26.3 Å². The number of hydrogen-bond donors (Lipinski definition) is 1. The summed E-state index contributed by atoms with van der Waals surface area (Å²) in [6, 6.07) is 9.77. The summed E-state index contributed by atoms with van der Waals surface area (Å²) >= 11 is 0. The molecule has 96 valence electrons. The highest BCUT2D eigenvalue weighted by Gasteiger charge is 2.44. The minimum Gasteiger partial charge on any atom is -0.369 e. The molecule has 0 aliphatic carbocycles. The number of carbonyl (C=O) groups excluding carboxylic acids is 2. The predicted molar refractivity (Wildman–Crippen MR) is 68.4 cm³/mol. The van der Waals surface area contributed by atoms with Crippen LogP contribution >= 0.6 is 0 Å². The Labute approximate surface area is 107 Å². The Hall–Kier alpha value is -1.84. The topological polar surface area (TPSA) is 63.4 Å². The van der Waals surface area contributed by atoms with Gasteiger partial charge in [-0.25, -0.2) is 0 Å². The predicted octanol–water partition coefficient (Wildman–Crippen LogP) is 1.30. The summed E-state index contributed by atoms with van der Waals surface area (Å²) in [4.78, 5) is 25.5. The lowest BCUT2D eigenvalue weighted by Gasteiger charge is -2.37. The van der Waals surface area contributed by atoms with E-state index in [1.165, 1.54) is 0 Å². The minimum absolute atomic E-state index is 0.148. The molecule has 4 nitrogen and oxygen atoms in total. The average molecular weight is 246 g/mol. The Morgan fingerprint density at radius 1 is 1.39 bits per heavy atom. The molecule has 1 saturated heterocycles. The molecule has 1 atom stereocenters. The summed E-state index contributed by atoms with van der Waals surface area (Å²) < 4.78 is 0. The fraction of sp³-hybridized carbons (Fsp3) is 0.429. The van der Waals surface area contributed by atoms with Crippen LogP contribution in [0.2, 0.25) is 0 Å². The van der Waals surface area contributed by atoms with E-state index in [0.717, 1.165) is 12.0 Å². The normalized spacial score (nSPS) is 24.1. The third-order valence-electron chi connectivity index (χ3n) is 3.62. The van der Waals surface area contributed by atoms with E-state index in [-0.39, 0.29) is 5.91 Å². The summed E-state index contributed by atoms with van der Waals surface area (Å²) in [7, 11) is 0. The maximum Gasteiger partial charge on any atom is 0.238 e. The molecule has 1 aliphatic rings. The third-order valence-corrected chi connectivity index (χ3v) is 3.62. The zero-order valence-electron chi connectivity index (χ0n) is 10.6. The smallest absolute Gasteiger partial charge is 0.238 e. The number of nitrogens with zero attached hydrogens (tertiary/aromatic N) is 1. The standard InChI is InChI=1S/C14H18N2O2/c1-14(12(15)17)8-5-9-16(13(14)18)10-11-6-3-2-4-7-11/h2-4,6-7H,5,8-10H2,1H3,(H2,15,17). The van der Waals surface area contributed by atoms with Crippen LogP contribution in [0.25, 0.3) is 0 Å². The molecule has 0 spiro atoms. The highest BCUT2D eigenvalue weighted by molar-refractivity contribution is 6.04. The van der Waals surface area contributed by atoms with Gasteiger partial charge in [0.1, 0.15) is 5.41 Å². The Morgan fingerprint density at radius 3 is 2.67 bits per heavy atom. The summed E-state index contributed by atoms with van der Waals surface area (Å²) in [5.41, 5.74) is 5.40. The Kier molecular flexibility index (Phi) is 3.36. The molecule has 1 aliphatic heterocycles. The fourth-order valence-electron chi connectivity index (χ4n) is 2.36. The number of likely N-dealkylation sites (tertiary alicyclic amines) is 1. The molecule has 2 N–H and O–H groups in total. The van der Waals surface area contributed by atoms with Crippen LogP contribution in [0.3, 0.4) is 0 Å². The van der Waals surface area contributed by atoms with Crippen LogP contribution in [0.1, 0.15) is 25.3 Å². The van der Waals surface area contributed by atoms with Crippen LogP contribution in [-0.2, 0) is 16.1 Å². The third kappa shape index (κ3) is 2.23. The molecule has 0 bridgehead atoms. The van der Waals surface area contributed by atoms with E-state index in [0.29, 0.717) is 19.5 Å². The average Bonchev–Trinajstić information content (AvgIpc) is 2.36. The van der Waals surface area contributed by atoms with Crippen molar-refractivity contribution in [1.82, 2.24) is 4.90 Å². The van der Waals surface area contributed by atoms with Gasteiger partial charge in [0, 0.05) is 13.1 Å². The van der Waals surface area contributed by atoms with Crippen molar-refractivity contribution in [3.05, 3.63) is 35.9 Å². The van der Waals surface area contributed by atoms with Gasteiger partial charge in [0.2, 0.25) is 11.8 Å². The largest absolute Gasteiger partial charge is 0.369 e. The minimum atomic E-state index is -1.03. The van der Waals surface area contributed by atoms with Crippen molar-refractivity contribution in [2.75, 3.05) is 6.54 Å². The van der Waals surface area contributed by atoms with E-state index in [1.54, 1.807) is 11.8 Å². The second-order valence-corrected chi connectivity index (χ2v) is 5.01. The maximum absolute atomic E-state index is 12.3. The van der Waals surface area contributed by atoms with Gasteiger partial charge in [0.25, 0.3) is 0 Å². The molecule has 1 aromatic carbocycles. The van der Waals surface area contributed by atoms with Gasteiger partial charge in [0.15, 0.2) is 0 Å². The monoisotopic (exact) mass is 246 g/mol. The van der Waals surface area contributed by atoms with E-state index in [1.807, 2.05) is 30.3 Å². The van der Waals surface area contributed by atoms with E-state index >= 15 is 0 Å². The molecule has 4 heteroatoms. The number of primary amides is 1. The Bertz CT molecular complexity index is 458. The van der Waals surface area contributed by atoms with Gasteiger partial charge in [-0.3, -0.25) is 9.59 Å². The molecule has 1 unspecified atom stereocenters. The SMILES string of the molecule is CC1(C(N)=O)CCCN(Cc2ccccc2)C1=O. The molecule has 1 aromatic rings. The Balaban J connectivity index is 2.15. The van der Waals surface area contributed by atoms with Gasteiger partial charge < -0.3 is 10.6 Å². The number of carbonyl (C=O) groups is 2. The molecule has 0 radical (unpaired) electrons. The maximum atomic E-state index is 12.3. The summed E-state index contributed by atoms with van der Waals surface area (Å²) in [5, 5.41) is 0. The molecule has 18 heavy (non-hydrogen) atoms. The first kappa shape index (κ1) is 12.6. The number of amides is 2. The van der Waals surface area contributed by atoms with Crippen molar-refractivity contribution >= 4 is 11.8 Å². The van der Waals surface area contributed by atoms with Crippen LogP contribution in [0, 0.1) is 5.41 Å². The van der Waals surface area contributed by atoms with Crippen molar-refractivity contribution < 1.29 is 9.59 Å². The van der Waals surface area contributed by atoms with E-state index < -0.39 is 11.3 Å². The molecule has 2 amide bonds. The molecule has 0 aromatic heterocycles. The van der Waals surface area contributed by atoms with Crippen LogP contribution in [-0.4, -0.2) is 23.3 Å². The van der Waals surface area contributed by atoms with E-state index in [4.69, 9.17) is 5.73 Å². The number of hydrogen-bond acceptors (Lipinski definition) is 2. The second kappa shape index (κ2) is 4.80. The van der Waals surface area contributed by atoms with Crippen LogP contribution < -0.4 is 5.73 Å². The van der Waals surface area contributed by atoms with Crippen LogP contribution in [0.5, 0.6) is 0 Å². The van der Waals surface area contributed by atoms with Gasteiger partial charge in [0.05, 0.1) is 0 Å². The van der Waals surface area contributed by atoms with Crippen molar-refractivity contribution in [3.63, 3.8) is 0 Å². The van der Waals surface area contributed by atoms with E-state index in [9.17, 15) is 9.59 Å². The van der Waals surface area contributed by atoms with Gasteiger partial charge in [-0.2, -0.15) is 0 Å². The number of nitrogens with two attached hydrogens (primary N) is 1. The number of piperidine rings is 1. The van der Waals surface area contributed by atoms with Crippen molar-refractivity contribution in [1.29, 1.82) is 0 Å². The molecule has 0 saturated carbocycles. The highest BCUT2D eigenvalue weighted by Crippen LogP contribution is 2.31. The first-order valence-electron chi connectivity index (χ1n) is 6.17. The first-order chi connectivity index (χ1) is 8.54. The Morgan fingerprint density at radius 2 is 2.06 bits per heavy atom. The molecule has 2 rings (SSSR count). The number of rotatable bonds is 3. The van der Waals surface area contributed by atoms with Gasteiger partial charge in [-0.05, 0) is 25.3 Å². The lowest BCUT2D eigenvalue weighted by atomic mass is 9.80. The summed E-state index contributed by atoms with van der Waals surface area (Å²) in [6.07, 6.45) is 1.37. The zero-order chi connectivity index (χ0) is 13.2. The first-order valence-corrected chi connectivity index (χ1v) is 6.17. The van der Waals surface area contributed by atoms with Gasteiger partial charge in [-0.1, -0.05) is 30.3 Å². The zero-order valence-corrected chi connectivity index (χ0v) is 10.6. The van der Waals surface area contributed by atoms with Crippen molar-refractivity contribution in [2.24, 2.45) is 11.1 Å². The van der Waals surface area contributed by atoms with Gasteiger partial charge >= 0.3 is 0 Å². The molecular formula is C14H18N2O2. The fourth-order valence-corrected chi connectivity index (χ4v) is 2.36. The molecule has 1 fully saturated rings. The second-order valence-electron chi connectivity index (χ2n) is 5.01. The van der Waals surface area contributed by atoms with E-state index in [2.05, 4.69) is 0 Å². The van der Waals surface area contributed by atoms with Crippen molar-refractivity contribution in [3.8, 4) is 0 Å². The van der Waals surface area contributed by atoms with Gasteiger partial charge in [-0.15, -0.1) is 0 Å². The van der Waals surface area contributed by atoms with Crippen LogP contribution in [0.4, 0.5) is 0 Å². The molecular weight excluding hydrogens is 228 g/mol. The lowest BCUT2D eigenvalue weighted by molar-refractivity contribution is -0.152.